The Kier molecular flexibility index (Phi) is 10.4. The Bertz CT molecular complexity index is 126. The number of rotatable bonds is 10. The van der Waals surface area contributed by atoms with Crippen molar-refractivity contribution in [1.82, 2.24) is 0 Å². The van der Waals surface area contributed by atoms with Crippen LogP contribution in [0.1, 0.15) is 46.0 Å². The molecular formula is C13H28O2. The Morgan fingerprint density at radius 3 is 1.93 bits per heavy atom. The fourth-order valence-corrected chi connectivity index (χ4v) is 2.13. The van der Waals surface area contributed by atoms with Gasteiger partial charge in [-0.1, -0.05) is 39.5 Å². The van der Waals surface area contributed by atoms with Crippen molar-refractivity contribution in [1.29, 1.82) is 0 Å². The molecule has 0 aliphatic carbocycles. The van der Waals surface area contributed by atoms with Gasteiger partial charge in [0.15, 0.2) is 0 Å². The van der Waals surface area contributed by atoms with E-state index in [1.807, 2.05) is 0 Å². The third kappa shape index (κ3) is 6.91. The van der Waals surface area contributed by atoms with Crippen molar-refractivity contribution in [2.75, 3.05) is 27.4 Å². The summed E-state index contributed by atoms with van der Waals surface area (Å²) in [5.74, 6) is 1.33. The lowest BCUT2D eigenvalue weighted by molar-refractivity contribution is 0.0627. The third-order valence-corrected chi connectivity index (χ3v) is 3.13. The minimum absolute atomic E-state index is 0.659. The minimum atomic E-state index is 0.659. The van der Waals surface area contributed by atoms with E-state index < -0.39 is 0 Å². The van der Waals surface area contributed by atoms with Gasteiger partial charge in [-0.3, -0.25) is 0 Å². The van der Waals surface area contributed by atoms with E-state index in [4.69, 9.17) is 9.47 Å². The average Bonchev–Trinajstić information content (AvgIpc) is 2.25. The SMILES string of the molecule is CCCCCC(COC)C(CC)COC. The predicted octanol–water partition coefficient (Wildman–Crippen LogP) is 3.50. The zero-order valence-corrected chi connectivity index (χ0v) is 10.9. The van der Waals surface area contributed by atoms with E-state index in [9.17, 15) is 0 Å². The van der Waals surface area contributed by atoms with Gasteiger partial charge in [0.2, 0.25) is 0 Å². The van der Waals surface area contributed by atoms with Crippen molar-refractivity contribution in [3.8, 4) is 0 Å². The molecule has 0 heterocycles. The zero-order valence-electron chi connectivity index (χ0n) is 10.9. The highest BCUT2D eigenvalue weighted by molar-refractivity contribution is 4.68. The molecule has 0 aliphatic heterocycles. The summed E-state index contributed by atoms with van der Waals surface area (Å²) >= 11 is 0. The molecule has 0 saturated heterocycles. The summed E-state index contributed by atoms with van der Waals surface area (Å²) in [4.78, 5) is 0. The van der Waals surface area contributed by atoms with Gasteiger partial charge in [-0.2, -0.15) is 0 Å². The van der Waals surface area contributed by atoms with E-state index in [2.05, 4.69) is 13.8 Å². The molecule has 0 aliphatic rings. The fourth-order valence-electron chi connectivity index (χ4n) is 2.13. The minimum Gasteiger partial charge on any atom is -0.384 e. The second kappa shape index (κ2) is 10.4. The van der Waals surface area contributed by atoms with Gasteiger partial charge >= 0.3 is 0 Å². The van der Waals surface area contributed by atoms with E-state index in [0.29, 0.717) is 11.8 Å². The first-order valence-corrected chi connectivity index (χ1v) is 6.27. The second-order valence-electron chi connectivity index (χ2n) is 4.33. The van der Waals surface area contributed by atoms with Crippen LogP contribution in [0.3, 0.4) is 0 Å². The highest BCUT2D eigenvalue weighted by Gasteiger charge is 2.19. The van der Waals surface area contributed by atoms with Crippen LogP contribution in [-0.4, -0.2) is 27.4 Å². The first kappa shape index (κ1) is 14.9. The summed E-state index contributed by atoms with van der Waals surface area (Å²) in [6.07, 6.45) is 6.42. The van der Waals surface area contributed by atoms with Crippen molar-refractivity contribution in [3.05, 3.63) is 0 Å². The fraction of sp³-hybridized carbons (Fsp3) is 1.00. The lowest BCUT2D eigenvalue weighted by atomic mass is 9.87. The number of hydrogen-bond acceptors (Lipinski definition) is 2. The first-order valence-electron chi connectivity index (χ1n) is 6.27. The summed E-state index contributed by atoms with van der Waals surface area (Å²) in [7, 11) is 3.59. The predicted molar refractivity (Wildman–Crippen MR) is 65.2 cm³/mol. The molecule has 92 valence electrons. The van der Waals surface area contributed by atoms with Crippen LogP contribution in [0.4, 0.5) is 0 Å². The van der Waals surface area contributed by atoms with Gasteiger partial charge in [-0.15, -0.1) is 0 Å². The van der Waals surface area contributed by atoms with Crippen LogP contribution in [-0.2, 0) is 9.47 Å². The first-order chi connectivity index (χ1) is 7.29. The summed E-state index contributed by atoms with van der Waals surface area (Å²) in [6.45, 7) is 6.24. The van der Waals surface area contributed by atoms with Crippen molar-refractivity contribution < 1.29 is 9.47 Å². The van der Waals surface area contributed by atoms with Gasteiger partial charge in [0.1, 0.15) is 0 Å². The Labute approximate surface area is 95.3 Å². The maximum atomic E-state index is 5.31. The lowest BCUT2D eigenvalue weighted by Crippen LogP contribution is -2.23. The molecule has 2 heteroatoms. The van der Waals surface area contributed by atoms with E-state index in [-0.39, 0.29) is 0 Å². The van der Waals surface area contributed by atoms with Gasteiger partial charge in [-0.25, -0.2) is 0 Å². The van der Waals surface area contributed by atoms with Crippen LogP contribution < -0.4 is 0 Å². The van der Waals surface area contributed by atoms with Crippen molar-refractivity contribution in [3.63, 3.8) is 0 Å². The maximum absolute atomic E-state index is 5.31. The van der Waals surface area contributed by atoms with Crippen LogP contribution >= 0.6 is 0 Å². The number of unbranched alkanes of at least 4 members (excludes halogenated alkanes) is 2. The van der Waals surface area contributed by atoms with Gasteiger partial charge in [0.25, 0.3) is 0 Å². The summed E-state index contributed by atoms with van der Waals surface area (Å²) in [5.41, 5.74) is 0. The molecule has 0 aromatic carbocycles. The average molecular weight is 216 g/mol. The molecule has 0 aromatic rings. The molecule has 0 rings (SSSR count). The highest BCUT2D eigenvalue weighted by Crippen LogP contribution is 2.22. The van der Waals surface area contributed by atoms with E-state index in [0.717, 1.165) is 13.2 Å². The molecule has 0 aromatic heterocycles. The summed E-state index contributed by atoms with van der Waals surface area (Å²) in [5, 5.41) is 0. The molecule has 0 saturated carbocycles. The van der Waals surface area contributed by atoms with Crippen LogP contribution in [0.2, 0.25) is 0 Å². The molecule has 2 nitrogen and oxygen atoms in total. The van der Waals surface area contributed by atoms with Crippen LogP contribution in [0, 0.1) is 11.8 Å². The Hall–Kier alpha value is -0.0800. The topological polar surface area (TPSA) is 18.5 Å². The summed E-state index contributed by atoms with van der Waals surface area (Å²) < 4.78 is 10.6. The molecule has 0 radical (unpaired) electrons. The Morgan fingerprint density at radius 2 is 1.47 bits per heavy atom. The largest absolute Gasteiger partial charge is 0.384 e. The molecule has 0 N–H and O–H groups in total. The van der Waals surface area contributed by atoms with Crippen LogP contribution in [0.5, 0.6) is 0 Å². The molecule has 2 unspecified atom stereocenters. The number of ether oxygens (including phenoxy) is 2. The number of hydrogen-bond donors (Lipinski definition) is 0. The van der Waals surface area contributed by atoms with Crippen molar-refractivity contribution >= 4 is 0 Å². The standard InChI is InChI=1S/C13H28O2/c1-5-7-8-9-13(11-15-4)12(6-2)10-14-3/h12-13H,5-11H2,1-4H3. The molecule has 0 spiro atoms. The third-order valence-electron chi connectivity index (χ3n) is 3.13. The van der Waals surface area contributed by atoms with E-state index >= 15 is 0 Å². The van der Waals surface area contributed by atoms with Crippen LogP contribution in [0.25, 0.3) is 0 Å². The summed E-state index contributed by atoms with van der Waals surface area (Å²) in [6, 6.07) is 0. The van der Waals surface area contributed by atoms with Crippen LogP contribution in [0.15, 0.2) is 0 Å². The van der Waals surface area contributed by atoms with Gasteiger partial charge in [-0.05, 0) is 18.3 Å². The smallest absolute Gasteiger partial charge is 0.0493 e. The second-order valence-corrected chi connectivity index (χ2v) is 4.33. The molecular weight excluding hydrogens is 188 g/mol. The van der Waals surface area contributed by atoms with Gasteiger partial charge in [0.05, 0.1) is 0 Å². The zero-order chi connectivity index (χ0) is 11.5. The lowest BCUT2D eigenvalue weighted by Gasteiger charge is -2.25. The molecule has 2 atom stereocenters. The molecule has 0 fully saturated rings. The Balaban J connectivity index is 3.95. The van der Waals surface area contributed by atoms with E-state index in [1.54, 1.807) is 14.2 Å². The number of methoxy groups -OCH3 is 2. The normalized spacial score (nSPS) is 15.2. The highest BCUT2D eigenvalue weighted by atomic mass is 16.5. The van der Waals surface area contributed by atoms with Gasteiger partial charge < -0.3 is 9.47 Å². The Morgan fingerprint density at radius 1 is 0.867 bits per heavy atom. The van der Waals surface area contributed by atoms with E-state index in [1.165, 1.54) is 32.1 Å². The molecule has 15 heavy (non-hydrogen) atoms. The monoisotopic (exact) mass is 216 g/mol. The van der Waals surface area contributed by atoms with Crippen molar-refractivity contribution in [2.45, 2.75) is 46.0 Å². The molecule has 0 amide bonds. The molecule has 0 bridgehead atoms. The van der Waals surface area contributed by atoms with Gasteiger partial charge in [0, 0.05) is 27.4 Å². The quantitative estimate of drug-likeness (QED) is 0.520. The maximum Gasteiger partial charge on any atom is 0.0493 e. The van der Waals surface area contributed by atoms with Crippen molar-refractivity contribution in [2.24, 2.45) is 11.8 Å².